The molecule has 0 bridgehead atoms. The number of H-pyrrole nitrogens is 1. The second-order valence-corrected chi connectivity index (χ2v) is 6.71. The lowest BCUT2D eigenvalue weighted by atomic mass is 10.0. The van der Waals surface area contributed by atoms with Crippen molar-refractivity contribution in [1.29, 1.82) is 0 Å². The van der Waals surface area contributed by atoms with Crippen LogP contribution in [0.3, 0.4) is 0 Å². The predicted octanol–water partition coefficient (Wildman–Crippen LogP) is 2.84. The van der Waals surface area contributed by atoms with Crippen LogP contribution in [0.25, 0.3) is 11.4 Å². The molecule has 1 aliphatic heterocycles. The third kappa shape index (κ3) is 2.90. The minimum absolute atomic E-state index is 0.0134. The first-order chi connectivity index (χ1) is 11.8. The van der Waals surface area contributed by atoms with Crippen LogP contribution in [0.5, 0.6) is 0 Å². The first-order valence-electron chi connectivity index (χ1n) is 7.65. The van der Waals surface area contributed by atoms with Crippen LogP contribution in [0.1, 0.15) is 16.4 Å². The average Bonchev–Trinajstić information content (AvgIpc) is 3.16. The summed E-state index contributed by atoms with van der Waals surface area (Å²) in [6, 6.07) is 15.6. The number of hydrogen-bond donors (Lipinski definition) is 2. The second kappa shape index (κ2) is 6.45. The molecule has 1 amide bonds. The van der Waals surface area contributed by atoms with Crippen molar-refractivity contribution in [1.82, 2.24) is 20.6 Å². The molecule has 6 nitrogen and oxygen atoms in total. The Labute approximate surface area is 143 Å². The third-order valence-electron chi connectivity index (χ3n) is 3.99. The molecule has 2 N–H and O–H groups in total. The first kappa shape index (κ1) is 14.9. The number of anilines is 1. The van der Waals surface area contributed by atoms with Crippen LogP contribution in [0.15, 0.2) is 48.5 Å². The summed E-state index contributed by atoms with van der Waals surface area (Å²) in [5.41, 5.74) is 3.99. The maximum Gasteiger partial charge on any atom is 0.242 e. The highest BCUT2D eigenvalue weighted by atomic mass is 32.2. The van der Waals surface area contributed by atoms with E-state index < -0.39 is 0 Å². The van der Waals surface area contributed by atoms with E-state index in [1.54, 1.807) is 11.8 Å². The summed E-state index contributed by atoms with van der Waals surface area (Å²) in [5, 5.41) is 16.7. The van der Waals surface area contributed by atoms with Crippen molar-refractivity contribution < 1.29 is 4.79 Å². The molecule has 0 saturated heterocycles. The average molecular weight is 337 g/mol. The number of carbonyl (C=O) groups excluding carboxylic acids is 1. The fourth-order valence-corrected chi connectivity index (χ4v) is 4.00. The van der Waals surface area contributed by atoms with Crippen molar-refractivity contribution in [3.63, 3.8) is 0 Å². The number of rotatable bonds is 3. The number of thioether (sulfide) groups is 1. The minimum atomic E-state index is -0.160. The van der Waals surface area contributed by atoms with E-state index in [2.05, 4.69) is 32.0 Å². The van der Waals surface area contributed by atoms with Crippen molar-refractivity contribution in [3.05, 3.63) is 59.7 Å². The van der Waals surface area contributed by atoms with E-state index in [0.29, 0.717) is 5.82 Å². The number of nitrogens with zero attached hydrogens (tertiary/aromatic N) is 3. The van der Waals surface area contributed by atoms with E-state index in [9.17, 15) is 4.79 Å². The number of tetrazole rings is 1. The highest BCUT2D eigenvalue weighted by Crippen LogP contribution is 2.37. The summed E-state index contributed by atoms with van der Waals surface area (Å²) < 4.78 is 0. The molecule has 1 aliphatic rings. The number of benzene rings is 2. The predicted molar refractivity (Wildman–Crippen MR) is 93.6 cm³/mol. The van der Waals surface area contributed by atoms with Gasteiger partial charge in [-0.25, -0.2) is 0 Å². The van der Waals surface area contributed by atoms with Crippen LogP contribution in [-0.4, -0.2) is 32.3 Å². The summed E-state index contributed by atoms with van der Waals surface area (Å²) in [4.78, 5) is 12.7. The molecule has 0 spiro atoms. The van der Waals surface area contributed by atoms with E-state index in [1.807, 2.05) is 42.5 Å². The van der Waals surface area contributed by atoms with Gasteiger partial charge < -0.3 is 5.32 Å². The smallest absolute Gasteiger partial charge is 0.242 e. The maximum absolute atomic E-state index is 12.7. The second-order valence-electron chi connectivity index (χ2n) is 5.50. The summed E-state index contributed by atoms with van der Waals surface area (Å²) in [6.45, 7) is 0. The number of hydrogen-bond acceptors (Lipinski definition) is 5. The van der Waals surface area contributed by atoms with Crippen LogP contribution in [-0.2, 0) is 11.2 Å². The van der Waals surface area contributed by atoms with Crippen molar-refractivity contribution in [3.8, 4) is 11.4 Å². The largest absolute Gasteiger partial charge is 0.325 e. The Kier molecular flexibility index (Phi) is 4.00. The Morgan fingerprint density at radius 2 is 2.00 bits per heavy atom. The molecule has 0 unspecified atom stereocenters. The number of nitrogens with one attached hydrogen (secondary N) is 2. The summed E-state index contributed by atoms with van der Waals surface area (Å²) in [7, 11) is 0. The number of aryl methyl sites for hydroxylation is 1. The van der Waals surface area contributed by atoms with Gasteiger partial charge in [0.1, 0.15) is 5.25 Å². The highest BCUT2D eigenvalue weighted by molar-refractivity contribution is 8.00. The molecule has 1 aromatic heterocycles. The Morgan fingerprint density at radius 1 is 1.17 bits per heavy atom. The summed E-state index contributed by atoms with van der Waals surface area (Å²) in [5.74, 6) is 1.51. The molecular formula is C17H15N5OS. The van der Waals surface area contributed by atoms with Gasteiger partial charge in [0, 0.05) is 11.3 Å². The van der Waals surface area contributed by atoms with Gasteiger partial charge in [-0.3, -0.25) is 4.79 Å². The molecule has 1 atom stereocenters. The van der Waals surface area contributed by atoms with Gasteiger partial charge in [0.05, 0.1) is 0 Å². The van der Waals surface area contributed by atoms with Gasteiger partial charge in [-0.05, 0) is 52.8 Å². The summed E-state index contributed by atoms with van der Waals surface area (Å²) >= 11 is 1.69. The zero-order valence-electron chi connectivity index (χ0n) is 12.8. The molecule has 3 aromatic rings. The molecule has 4 rings (SSSR count). The quantitative estimate of drug-likeness (QED) is 0.768. The van der Waals surface area contributed by atoms with Crippen molar-refractivity contribution in [2.45, 2.75) is 11.7 Å². The first-order valence-corrected chi connectivity index (χ1v) is 8.70. The van der Waals surface area contributed by atoms with Gasteiger partial charge in [0.2, 0.25) is 11.7 Å². The van der Waals surface area contributed by atoms with Gasteiger partial charge >= 0.3 is 0 Å². The van der Waals surface area contributed by atoms with E-state index in [0.717, 1.165) is 29.0 Å². The molecule has 0 fully saturated rings. The van der Waals surface area contributed by atoms with Gasteiger partial charge in [-0.15, -0.1) is 22.0 Å². The fraction of sp³-hybridized carbons (Fsp3) is 0.176. The fourth-order valence-electron chi connectivity index (χ4n) is 2.81. The number of aromatic amines is 1. The molecule has 7 heteroatoms. The number of aromatic nitrogens is 4. The Balaban J connectivity index is 1.51. The molecular weight excluding hydrogens is 322 g/mol. The molecule has 2 aromatic carbocycles. The molecule has 120 valence electrons. The number of amides is 1. The van der Waals surface area contributed by atoms with Crippen molar-refractivity contribution >= 4 is 23.4 Å². The lowest BCUT2D eigenvalue weighted by Crippen LogP contribution is -2.23. The van der Waals surface area contributed by atoms with Gasteiger partial charge in [0.25, 0.3) is 0 Å². The molecule has 0 radical (unpaired) electrons. The number of fused-ring (bicyclic) bond motifs is 1. The standard InChI is InChI=1S/C17H15N5OS/c23-17(15-14-4-2-1-3-11(14)9-10-24-15)18-13-7-5-12(6-8-13)16-19-21-22-20-16/h1-8,15H,9-10H2,(H,18,23)(H,19,20,21,22)/t15-/m1/s1. The van der Waals surface area contributed by atoms with E-state index in [1.165, 1.54) is 5.56 Å². The van der Waals surface area contributed by atoms with Gasteiger partial charge in [-0.1, -0.05) is 24.3 Å². The SMILES string of the molecule is O=C(Nc1ccc(-c2nn[nH]n2)cc1)[C@@H]1SCCc2ccccc21. The van der Waals surface area contributed by atoms with Crippen molar-refractivity contribution in [2.24, 2.45) is 0 Å². The zero-order chi connectivity index (χ0) is 16.4. The molecule has 0 aliphatic carbocycles. The molecule has 24 heavy (non-hydrogen) atoms. The minimum Gasteiger partial charge on any atom is -0.325 e. The monoisotopic (exact) mass is 337 g/mol. The lowest BCUT2D eigenvalue weighted by molar-refractivity contribution is -0.115. The Bertz CT molecular complexity index is 848. The topological polar surface area (TPSA) is 83.6 Å². The van der Waals surface area contributed by atoms with E-state index in [-0.39, 0.29) is 11.2 Å². The van der Waals surface area contributed by atoms with E-state index in [4.69, 9.17) is 0 Å². The van der Waals surface area contributed by atoms with Crippen LogP contribution in [0, 0.1) is 0 Å². The maximum atomic E-state index is 12.7. The van der Waals surface area contributed by atoms with Gasteiger partial charge in [-0.2, -0.15) is 5.21 Å². The number of carbonyl (C=O) groups is 1. The zero-order valence-corrected chi connectivity index (χ0v) is 13.6. The Hall–Kier alpha value is -2.67. The van der Waals surface area contributed by atoms with E-state index >= 15 is 0 Å². The van der Waals surface area contributed by atoms with Crippen LogP contribution < -0.4 is 5.32 Å². The molecule has 2 heterocycles. The normalized spacial score (nSPS) is 16.4. The summed E-state index contributed by atoms with van der Waals surface area (Å²) in [6.07, 6.45) is 1.02. The molecule has 0 saturated carbocycles. The third-order valence-corrected chi connectivity index (χ3v) is 5.23. The van der Waals surface area contributed by atoms with Crippen LogP contribution in [0.2, 0.25) is 0 Å². The van der Waals surface area contributed by atoms with Crippen LogP contribution in [0.4, 0.5) is 5.69 Å². The van der Waals surface area contributed by atoms with Crippen molar-refractivity contribution in [2.75, 3.05) is 11.1 Å². The lowest BCUT2D eigenvalue weighted by Gasteiger charge is -2.24. The van der Waals surface area contributed by atoms with Gasteiger partial charge in [0.15, 0.2) is 0 Å². The Morgan fingerprint density at radius 3 is 2.79 bits per heavy atom. The van der Waals surface area contributed by atoms with Crippen LogP contribution >= 0.6 is 11.8 Å². The highest BCUT2D eigenvalue weighted by Gasteiger charge is 2.26.